The molecule has 0 heterocycles. The van der Waals surface area contributed by atoms with E-state index >= 15 is 0 Å². The molecule has 0 unspecified atom stereocenters. The minimum atomic E-state index is 0.0924. The third-order valence-corrected chi connectivity index (χ3v) is 0.886. The van der Waals surface area contributed by atoms with E-state index in [0.717, 1.165) is 6.42 Å². The lowest BCUT2D eigenvalue weighted by molar-refractivity contribution is 0.172. The fourth-order valence-corrected chi connectivity index (χ4v) is 0.475. The average molecular weight is 140 g/mol. The van der Waals surface area contributed by atoms with E-state index in [1.54, 1.807) is 6.08 Å². The van der Waals surface area contributed by atoms with Gasteiger partial charge in [0.05, 0.1) is 13.2 Å². The molecule has 0 saturated heterocycles. The van der Waals surface area contributed by atoms with Crippen molar-refractivity contribution in [1.29, 1.82) is 0 Å². The van der Waals surface area contributed by atoms with E-state index < -0.39 is 0 Å². The van der Waals surface area contributed by atoms with Gasteiger partial charge < -0.3 is 9.84 Å². The van der Waals surface area contributed by atoms with Crippen LogP contribution in [0.5, 0.6) is 0 Å². The zero-order valence-electron chi connectivity index (χ0n) is 5.92. The van der Waals surface area contributed by atoms with Crippen molar-refractivity contribution in [2.45, 2.75) is 6.42 Å². The molecule has 0 aromatic carbocycles. The molecule has 0 fully saturated rings. The van der Waals surface area contributed by atoms with Crippen LogP contribution in [0.15, 0.2) is 12.2 Å². The predicted molar refractivity (Wildman–Crippen MR) is 40.5 cm³/mol. The Labute approximate surface area is 61.5 Å². The fraction of sp³-hybridized carbons (Fsp3) is 0.500. The Morgan fingerprint density at radius 3 is 2.90 bits per heavy atom. The van der Waals surface area contributed by atoms with Crippen LogP contribution < -0.4 is 0 Å². The molecule has 2 heteroatoms. The van der Waals surface area contributed by atoms with Crippen molar-refractivity contribution in [2.75, 3.05) is 19.8 Å². The van der Waals surface area contributed by atoms with Crippen LogP contribution in [0.2, 0.25) is 0 Å². The van der Waals surface area contributed by atoms with E-state index in [9.17, 15) is 0 Å². The number of ether oxygens (including phenoxy) is 1. The van der Waals surface area contributed by atoms with Crippen molar-refractivity contribution in [2.24, 2.45) is 0 Å². The normalized spacial score (nSPS) is 10.0. The zero-order valence-corrected chi connectivity index (χ0v) is 5.92. The Bertz CT molecular complexity index is 122. The number of hydrogen-bond donors (Lipinski definition) is 1. The van der Waals surface area contributed by atoms with E-state index in [0.29, 0.717) is 13.2 Å². The van der Waals surface area contributed by atoms with Gasteiger partial charge in [-0.1, -0.05) is 18.1 Å². The van der Waals surface area contributed by atoms with Crippen molar-refractivity contribution >= 4 is 0 Å². The quantitative estimate of drug-likeness (QED) is 0.344. The van der Waals surface area contributed by atoms with E-state index in [-0.39, 0.29) is 6.61 Å². The molecule has 0 aromatic rings. The lowest BCUT2D eigenvalue weighted by atomic mass is 10.4. The van der Waals surface area contributed by atoms with Crippen LogP contribution in [0, 0.1) is 12.3 Å². The van der Waals surface area contributed by atoms with Crippen molar-refractivity contribution < 1.29 is 9.84 Å². The van der Waals surface area contributed by atoms with Crippen molar-refractivity contribution in [1.82, 2.24) is 0 Å². The van der Waals surface area contributed by atoms with Gasteiger partial charge in [-0.2, -0.15) is 0 Å². The van der Waals surface area contributed by atoms with Crippen LogP contribution in [0.4, 0.5) is 0 Å². The summed E-state index contributed by atoms with van der Waals surface area (Å²) in [4.78, 5) is 0. The smallest absolute Gasteiger partial charge is 0.107 e. The first-order valence-electron chi connectivity index (χ1n) is 3.19. The van der Waals surface area contributed by atoms with Gasteiger partial charge in [0.25, 0.3) is 0 Å². The highest BCUT2D eigenvalue weighted by molar-refractivity contribution is 4.84. The van der Waals surface area contributed by atoms with Crippen LogP contribution in [0.3, 0.4) is 0 Å². The fourth-order valence-electron chi connectivity index (χ4n) is 0.475. The summed E-state index contributed by atoms with van der Waals surface area (Å²) in [5.74, 6) is 2.36. The standard InChI is InChI=1S/C8H12O2/c1-2-7-10-8-5-3-4-6-9/h1,3-4,9H,5-8H2. The van der Waals surface area contributed by atoms with Crippen molar-refractivity contribution in [3.8, 4) is 12.3 Å². The lowest BCUT2D eigenvalue weighted by Crippen LogP contribution is -1.92. The summed E-state index contributed by atoms with van der Waals surface area (Å²) in [7, 11) is 0. The zero-order chi connectivity index (χ0) is 7.66. The maximum atomic E-state index is 8.31. The number of aliphatic hydroxyl groups is 1. The first-order chi connectivity index (χ1) is 4.91. The summed E-state index contributed by atoms with van der Waals surface area (Å²) in [5, 5.41) is 8.31. The third kappa shape index (κ3) is 7.22. The predicted octanol–water partition coefficient (Wildman–Crippen LogP) is 0.575. The van der Waals surface area contributed by atoms with Gasteiger partial charge in [-0.3, -0.25) is 0 Å². The van der Waals surface area contributed by atoms with Gasteiger partial charge in [0.15, 0.2) is 0 Å². The molecule has 0 rings (SSSR count). The largest absolute Gasteiger partial charge is 0.392 e. The molecule has 0 spiro atoms. The van der Waals surface area contributed by atoms with Crippen LogP contribution in [0.1, 0.15) is 6.42 Å². The van der Waals surface area contributed by atoms with Gasteiger partial charge in [0, 0.05) is 0 Å². The molecule has 2 nitrogen and oxygen atoms in total. The van der Waals surface area contributed by atoms with Crippen LogP contribution in [-0.2, 0) is 4.74 Å². The lowest BCUT2D eigenvalue weighted by Gasteiger charge is -1.93. The summed E-state index contributed by atoms with van der Waals surface area (Å²) in [5.41, 5.74) is 0. The van der Waals surface area contributed by atoms with E-state index in [1.807, 2.05) is 6.08 Å². The second kappa shape index (κ2) is 8.22. The molecule has 0 atom stereocenters. The Balaban J connectivity index is 2.92. The Hall–Kier alpha value is -0.780. The maximum absolute atomic E-state index is 8.31. The highest BCUT2D eigenvalue weighted by Crippen LogP contribution is 1.83. The third-order valence-electron chi connectivity index (χ3n) is 0.886. The van der Waals surface area contributed by atoms with Crippen molar-refractivity contribution in [3.05, 3.63) is 12.2 Å². The van der Waals surface area contributed by atoms with Gasteiger partial charge in [0.1, 0.15) is 6.61 Å². The SMILES string of the molecule is C#CCOCCC=CCO. The van der Waals surface area contributed by atoms with Crippen molar-refractivity contribution in [3.63, 3.8) is 0 Å². The number of aliphatic hydroxyl groups excluding tert-OH is 1. The molecular formula is C8H12O2. The first-order valence-corrected chi connectivity index (χ1v) is 3.19. The second-order valence-corrected chi connectivity index (χ2v) is 1.70. The highest BCUT2D eigenvalue weighted by Gasteiger charge is 1.79. The Kier molecular flexibility index (Phi) is 7.58. The highest BCUT2D eigenvalue weighted by atomic mass is 16.5. The minimum absolute atomic E-state index is 0.0924. The molecule has 0 radical (unpaired) electrons. The summed E-state index contributed by atoms with van der Waals surface area (Å²) in [6, 6.07) is 0. The number of rotatable bonds is 5. The Morgan fingerprint density at radius 1 is 1.50 bits per heavy atom. The maximum Gasteiger partial charge on any atom is 0.107 e. The topological polar surface area (TPSA) is 29.5 Å². The summed E-state index contributed by atoms with van der Waals surface area (Å²) < 4.78 is 4.96. The molecule has 0 saturated carbocycles. The Morgan fingerprint density at radius 2 is 2.30 bits per heavy atom. The molecular weight excluding hydrogens is 128 g/mol. The summed E-state index contributed by atoms with van der Waals surface area (Å²) in [6.45, 7) is 1.09. The molecule has 0 aliphatic carbocycles. The van der Waals surface area contributed by atoms with Crippen LogP contribution >= 0.6 is 0 Å². The minimum Gasteiger partial charge on any atom is -0.392 e. The van der Waals surface area contributed by atoms with Gasteiger partial charge in [-0.25, -0.2) is 0 Å². The molecule has 0 aliphatic rings. The molecule has 10 heavy (non-hydrogen) atoms. The van der Waals surface area contributed by atoms with Gasteiger partial charge >= 0.3 is 0 Å². The van der Waals surface area contributed by atoms with Gasteiger partial charge in [-0.05, 0) is 6.42 Å². The molecule has 0 bridgehead atoms. The van der Waals surface area contributed by atoms with Crippen LogP contribution in [0.25, 0.3) is 0 Å². The number of hydrogen-bond acceptors (Lipinski definition) is 2. The van der Waals surface area contributed by atoms with Gasteiger partial charge in [0.2, 0.25) is 0 Å². The monoisotopic (exact) mass is 140 g/mol. The summed E-state index contributed by atoms with van der Waals surface area (Å²) in [6.07, 6.45) is 9.28. The molecule has 0 amide bonds. The first kappa shape index (κ1) is 9.22. The molecule has 0 aliphatic heterocycles. The molecule has 56 valence electrons. The summed E-state index contributed by atoms with van der Waals surface area (Å²) >= 11 is 0. The van der Waals surface area contributed by atoms with Crippen LogP contribution in [-0.4, -0.2) is 24.9 Å². The van der Waals surface area contributed by atoms with Gasteiger partial charge in [-0.15, -0.1) is 6.42 Å². The average Bonchev–Trinajstić information content (AvgIpc) is 1.97. The van der Waals surface area contributed by atoms with E-state index in [1.165, 1.54) is 0 Å². The number of terminal acetylenes is 1. The second-order valence-electron chi connectivity index (χ2n) is 1.70. The van der Waals surface area contributed by atoms with E-state index in [2.05, 4.69) is 5.92 Å². The molecule has 1 N–H and O–H groups in total. The van der Waals surface area contributed by atoms with E-state index in [4.69, 9.17) is 16.3 Å². The molecule has 0 aromatic heterocycles.